The Morgan fingerprint density at radius 2 is 1.62 bits per heavy atom. The summed E-state index contributed by atoms with van der Waals surface area (Å²) in [6.07, 6.45) is 0.0605. The van der Waals surface area contributed by atoms with E-state index in [0.717, 1.165) is 12.1 Å². The van der Waals surface area contributed by atoms with E-state index in [2.05, 4.69) is 0 Å². The van der Waals surface area contributed by atoms with Crippen LogP contribution in [0, 0.1) is 17.5 Å². The maximum atomic E-state index is 12.8. The summed E-state index contributed by atoms with van der Waals surface area (Å²) in [6.45, 7) is 4.18. The van der Waals surface area contributed by atoms with Gasteiger partial charge in [-0.3, -0.25) is 0 Å². The second kappa shape index (κ2) is 5.75. The molecule has 0 fully saturated rings. The summed E-state index contributed by atoms with van der Waals surface area (Å²) in [6, 6.07) is 1.60. The van der Waals surface area contributed by atoms with Gasteiger partial charge in [-0.1, -0.05) is 0 Å². The highest BCUT2D eigenvalue weighted by atomic mass is 19.2. The fourth-order valence-electron chi connectivity index (χ4n) is 1.06. The minimum Gasteiger partial charge on any atom is -0.491 e. The Hall–Kier alpha value is -1.23. The van der Waals surface area contributed by atoms with Crippen LogP contribution >= 0.6 is 0 Å². The predicted octanol–water partition coefficient (Wildman–Crippen LogP) is 2.91. The van der Waals surface area contributed by atoms with Gasteiger partial charge < -0.3 is 9.47 Å². The summed E-state index contributed by atoms with van der Waals surface area (Å²) in [4.78, 5) is 0. The van der Waals surface area contributed by atoms with Crippen molar-refractivity contribution in [3.05, 3.63) is 29.6 Å². The highest BCUT2D eigenvalue weighted by Crippen LogP contribution is 2.19. The summed E-state index contributed by atoms with van der Waals surface area (Å²) in [5.41, 5.74) is 0. The first kappa shape index (κ1) is 12.8. The second-order valence-corrected chi connectivity index (χ2v) is 3.47. The third-order valence-corrected chi connectivity index (χ3v) is 1.76. The monoisotopic (exact) mass is 234 g/mol. The molecule has 0 N–H and O–H groups in total. The molecule has 0 aliphatic rings. The summed E-state index contributed by atoms with van der Waals surface area (Å²) < 4.78 is 48.2. The van der Waals surface area contributed by atoms with Gasteiger partial charge >= 0.3 is 0 Å². The average Bonchev–Trinajstić information content (AvgIpc) is 2.20. The minimum absolute atomic E-state index is 0.0521. The third kappa shape index (κ3) is 3.73. The van der Waals surface area contributed by atoms with Gasteiger partial charge in [-0.15, -0.1) is 0 Å². The van der Waals surface area contributed by atoms with Crippen molar-refractivity contribution in [3.63, 3.8) is 0 Å². The Morgan fingerprint density at radius 3 is 2.12 bits per heavy atom. The number of halogens is 3. The predicted molar refractivity (Wildman–Crippen MR) is 52.9 cm³/mol. The molecule has 1 aromatic rings. The van der Waals surface area contributed by atoms with E-state index < -0.39 is 17.5 Å². The summed E-state index contributed by atoms with van der Waals surface area (Å²) in [7, 11) is 0. The lowest BCUT2D eigenvalue weighted by Gasteiger charge is -2.09. The molecule has 0 amide bonds. The van der Waals surface area contributed by atoms with Crippen LogP contribution in [0.15, 0.2) is 12.1 Å². The van der Waals surface area contributed by atoms with Gasteiger partial charge in [0, 0.05) is 12.1 Å². The minimum atomic E-state index is -1.49. The van der Waals surface area contributed by atoms with Gasteiger partial charge in [0.05, 0.1) is 12.7 Å². The summed E-state index contributed by atoms with van der Waals surface area (Å²) in [5, 5.41) is 0. The van der Waals surface area contributed by atoms with Gasteiger partial charge in [0.2, 0.25) is 0 Å². The number of rotatable bonds is 5. The molecule has 0 aromatic heterocycles. The summed E-state index contributed by atoms with van der Waals surface area (Å²) >= 11 is 0. The van der Waals surface area contributed by atoms with Gasteiger partial charge in [-0.05, 0) is 13.8 Å². The standard InChI is InChI=1S/C11H13F3O2/c1-7(2)15-3-4-16-8-5-9(12)11(14)10(13)6-8/h5-7H,3-4H2,1-2H3. The van der Waals surface area contributed by atoms with Crippen LogP contribution in [0.4, 0.5) is 13.2 Å². The first-order chi connectivity index (χ1) is 7.50. The number of hydrogen-bond donors (Lipinski definition) is 0. The SMILES string of the molecule is CC(C)OCCOc1cc(F)c(F)c(F)c1. The molecule has 0 spiro atoms. The lowest BCUT2D eigenvalue weighted by Crippen LogP contribution is -2.11. The molecule has 0 saturated heterocycles. The van der Waals surface area contributed by atoms with Crippen molar-refractivity contribution in [2.75, 3.05) is 13.2 Å². The molecule has 16 heavy (non-hydrogen) atoms. The lowest BCUT2D eigenvalue weighted by atomic mass is 10.3. The zero-order valence-corrected chi connectivity index (χ0v) is 9.10. The first-order valence-electron chi connectivity index (χ1n) is 4.89. The van der Waals surface area contributed by atoms with E-state index in [1.807, 2.05) is 13.8 Å². The topological polar surface area (TPSA) is 18.5 Å². The average molecular weight is 234 g/mol. The molecule has 90 valence electrons. The van der Waals surface area contributed by atoms with E-state index >= 15 is 0 Å². The molecule has 5 heteroatoms. The van der Waals surface area contributed by atoms with Crippen molar-refractivity contribution < 1.29 is 22.6 Å². The lowest BCUT2D eigenvalue weighted by molar-refractivity contribution is 0.0551. The third-order valence-electron chi connectivity index (χ3n) is 1.76. The number of benzene rings is 1. The van der Waals surface area contributed by atoms with E-state index in [0.29, 0.717) is 6.61 Å². The molecular formula is C11H13F3O2. The van der Waals surface area contributed by atoms with Gasteiger partial charge in [0.1, 0.15) is 12.4 Å². The van der Waals surface area contributed by atoms with E-state index in [9.17, 15) is 13.2 Å². The Morgan fingerprint density at radius 1 is 1.06 bits per heavy atom. The highest BCUT2D eigenvalue weighted by molar-refractivity contribution is 5.24. The number of hydrogen-bond acceptors (Lipinski definition) is 2. The zero-order chi connectivity index (χ0) is 12.1. The Balaban J connectivity index is 2.49. The van der Waals surface area contributed by atoms with Crippen molar-refractivity contribution in [1.82, 2.24) is 0 Å². The molecule has 1 rings (SSSR count). The molecular weight excluding hydrogens is 221 g/mol. The van der Waals surface area contributed by atoms with Gasteiger partial charge in [-0.2, -0.15) is 0 Å². The van der Waals surface area contributed by atoms with Crippen LogP contribution in [-0.2, 0) is 4.74 Å². The van der Waals surface area contributed by atoms with E-state index in [-0.39, 0.29) is 18.5 Å². The van der Waals surface area contributed by atoms with Crippen LogP contribution in [0.5, 0.6) is 5.75 Å². The molecule has 0 saturated carbocycles. The molecule has 0 radical (unpaired) electrons. The van der Waals surface area contributed by atoms with Crippen LogP contribution < -0.4 is 4.74 Å². The zero-order valence-electron chi connectivity index (χ0n) is 9.10. The quantitative estimate of drug-likeness (QED) is 0.576. The largest absolute Gasteiger partial charge is 0.491 e. The molecule has 0 bridgehead atoms. The molecule has 2 nitrogen and oxygen atoms in total. The normalized spacial score (nSPS) is 10.9. The van der Waals surface area contributed by atoms with Gasteiger partial charge in [0.15, 0.2) is 17.5 Å². The van der Waals surface area contributed by atoms with Crippen molar-refractivity contribution in [2.24, 2.45) is 0 Å². The van der Waals surface area contributed by atoms with Crippen molar-refractivity contribution in [3.8, 4) is 5.75 Å². The van der Waals surface area contributed by atoms with Crippen LogP contribution in [0.3, 0.4) is 0 Å². The van der Waals surface area contributed by atoms with Crippen LogP contribution in [0.1, 0.15) is 13.8 Å². The second-order valence-electron chi connectivity index (χ2n) is 3.47. The van der Waals surface area contributed by atoms with Crippen molar-refractivity contribution in [2.45, 2.75) is 20.0 Å². The fraction of sp³-hybridized carbons (Fsp3) is 0.455. The van der Waals surface area contributed by atoms with Crippen molar-refractivity contribution >= 4 is 0 Å². The molecule has 1 aromatic carbocycles. The van der Waals surface area contributed by atoms with E-state index in [1.54, 1.807) is 0 Å². The molecule has 0 unspecified atom stereocenters. The Labute approximate surface area is 92.0 Å². The smallest absolute Gasteiger partial charge is 0.194 e. The van der Waals surface area contributed by atoms with Gasteiger partial charge in [-0.25, -0.2) is 13.2 Å². The molecule has 0 atom stereocenters. The van der Waals surface area contributed by atoms with Gasteiger partial charge in [0.25, 0.3) is 0 Å². The van der Waals surface area contributed by atoms with Crippen LogP contribution in [0.2, 0.25) is 0 Å². The summed E-state index contributed by atoms with van der Waals surface area (Å²) in [5.74, 6) is -4.07. The molecule has 0 heterocycles. The van der Waals surface area contributed by atoms with Crippen molar-refractivity contribution in [1.29, 1.82) is 0 Å². The maximum Gasteiger partial charge on any atom is 0.194 e. The Bertz CT molecular complexity index is 330. The number of ether oxygens (including phenoxy) is 2. The Kier molecular flexibility index (Phi) is 4.61. The van der Waals surface area contributed by atoms with Crippen LogP contribution in [-0.4, -0.2) is 19.3 Å². The van der Waals surface area contributed by atoms with E-state index in [1.165, 1.54) is 0 Å². The van der Waals surface area contributed by atoms with E-state index in [4.69, 9.17) is 9.47 Å². The fourth-order valence-corrected chi connectivity index (χ4v) is 1.06. The first-order valence-corrected chi connectivity index (χ1v) is 4.89. The maximum absolute atomic E-state index is 12.8. The van der Waals surface area contributed by atoms with Crippen LogP contribution in [0.25, 0.3) is 0 Å². The molecule has 0 aliphatic carbocycles. The molecule has 0 aliphatic heterocycles. The highest BCUT2D eigenvalue weighted by Gasteiger charge is 2.10.